The Hall–Kier alpha value is -1.60. The van der Waals surface area contributed by atoms with Crippen LogP contribution >= 0.6 is 23.4 Å². The molecule has 1 atom stereocenters. The van der Waals surface area contributed by atoms with Gasteiger partial charge in [0.25, 0.3) is 0 Å². The fourth-order valence-corrected chi connectivity index (χ4v) is 3.46. The summed E-state index contributed by atoms with van der Waals surface area (Å²) in [6.45, 7) is 4.63. The lowest BCUT2D eigenvalue weighted by molar-refractivity contribution is -0.115. The molecule has 8 heteroatoms. The van der Waals surface area contributed by atoms with Gasteiger partial charge in [-0.15, -0.1) is 10.2 Å². The third kappa shape index (κ3) is 3.72. The predicted molar refractivity (Wildman–Crippen MR) is 93.0 cm³/mol. The molecule has 0 radical (unpaired) electrons. The zero-order chi connectivity index (χ0) is 17.3. The minimum absolute atomic E-state index is 0.0205. The van der Waals surface area contributed by atoms with Gasteiger partial charge in [0.05, 0.1) is 10.3 Å². The Labute approximate surface area is 149 Å². The fourth-order valence-electron chi connectivity index (χ4n) is 2.36. The lowest BCUT2D eigenvalue weighted by Gasteiger charge is -2.13. The Bertz CT molecular complexity index is 763. The van der Waals surface area contributed by atoms with Crippen molar-refractivity contribution in [1.29, 1.82) is 0 Å². The van der Waals surface area contributed by atoms with Crippen LogP contribution in [0.4, 0.5) is 10.1 Å². The Morgan fingerprint density at radius 3 is 2.88 bits per heavy atom. The van der Waals surface area contributed by atoms with E-state index in [0.29, 0.717) is 11.6 Å². The molecule has 128 valence electrons. The number of aromatic nitrogens is 3. The summed E-state index contributed by atoms with van der Waals surface area (Å²) in [5.74, 6) is 0.817. The van der Waals surface area contributed by atoms with Gasteiger partial charge in [-0.1, -0.05) is 23.4 Å². The molecule has 1 saturated carbocycles. The van der Waals surface area contributed by atoms with E-state index in [0.717, 1.165) is 30.4 Å². The highest BCUT2D eigenvalue weighted by Crippen LogP contribution is 2.40. The number of hydrogen-bond acceptors (Lipinski definition) is 4. The van der Waals surface area contributed by atoms with E-state index in [1.54, 1.807) is 6.92 Å². The van der Waals surface area contributed by atoms with Crippen LogP contribution in [0.2, 0.25) is 5.02 Å². The van der Waals surface area contributed by atoms with Crippen molar-refractivity contribution in [3.05, 3.63) is 34.9 Å². The number of nitrogens with zero attached hydrogens (tertiary/aromatic N) is 3. The topological polar surface area (TPSA) is 59.8 Å². The molecule has 3 rings (SSSR count). The first-order chi connectivity index (χ1) is 11.5. The van der Waals surface area contributed by atoms with Crippen LogP contribution in [0.1, 0.15) is 38.4 Å². The van der Waals surface area contributed by atoms with Crippen molar-refractivity contribution >= 4 is 35.0 Å². The smallest absolute Gasteiger partial charge is 0.237 e. The molecule has 1 fully saturated rings. The van der Waals surface area contributed by atoms with Gasteiger partial charge >= 0.3 is 0 Å². The lowest BCUT2D eigenvalue weighted by Crippen LogP contribution is -2.23. The van der Waals surface area contributed by atoms with E-state index in [1.807, 2.05) is 6.92 Å². The van der Waals surface area contributed by atoms with Crippen molar-refractivity contribution in [2.24, 2.45) is 0 Å². The summed E-state index contributed by atoms with van der Waals surface area (Å²) in [4.78, 5) is 12.3. The third-order valence-electron chi connectivity index (χ3n) is 3.84. The van der Waals surface area contributed by atoms with E-state index in [-0.39, 0.29) is 16.2 Å². The maximum absolute atomic E-state index is 13.2. The molecule has 1 aliphatic rings. The monoisotopic (exact) mass is 368 g/mol. The van der Waals surface area contributed by atoms with E-state index < -0.39 is 5.82 Å². The fraction of sp³-hybridized carbons (Fsp3) is 0.438. The number of rotatable bonds is 6. The molecular formula is C16H18ClFN4OS. The number of carbonyl (C=O) groups is 1. The first-order valence-electron chi connectivity index (χ1n) is 7.85. The summed E-state index contributed by atoms with van der Waals surface area (Å²) in [5, 5.41) is 11.6. The van der Waals surface area contributed by atoms with Gasteiger partial charge in [0.15, 0.2) is 5.16 Å². The number of amides is 1. The van der Waals surface area contributed by atoms with Crippen molar-refractivity contribution in [1.82, 2.24) is 14.8 Å². The average molecular weight is 369 g/mol. The van der Waals surface area contributed by atoms with Crippen molar-refractivity contribution in [3.63, 3.8) is 0 Å². The van der Waals surface area contributed by atoms with Crippen molar-refractivity contribution in [3.8, 4) is 0 Å². The minimum atomic E-state index is -0.513. The van der Waals surface area contributed by atoms with E-state index in [9.17, 15) is 9.18 Å². The SMILES string of the molecule is CCn1c(S[C@H](C)C(=O)Nc2ccc(F)c(Cl)c2)nnc1C1CC1. The predicted octanol–water partition coefficient (Wildman–Crippen LogP) is 4.09. The van der Waals surface area contributed by atoms with Crippen molar-refractivity contribution in [2.75, 3.05) is 5.32 Å². The summed E-state index contributed by atoms with van der Waals surface area (Å²) in [5.41, 5.74) is 0.467. The normalized spacial score (nSPS) is 15.3. The quantitative estimate of drug-likeness (QED) is 0.780. The van der Waals surface area contributed by atoms with E-state index >= 15 is 0 Å². The van der Waals surface area contributed by atoms with Crippen molar-refractivity contribution in [2.45, 2.75) is 49.6 Å². The molecule has 1 heterocycles. The van der Waals surface area contributed by atoms with Gasteiger partial charge in [0.1, 0.15) is 11.6 Å². The van der Waals surface area contributed by atoms with Crippen LogP contribution in [0.5, 0.6) is 0 Å². The van der Waals surface area contributed by atoms with Gasteiger partial charge in [-0.25, -0.2) is 4.39 Å². The largest absolute Gasteiger partial charge is 0.325 e. The van der Waals surface area contributed by atoms with Crippen LogP contribution < -0.4 is 5.32 Å². The van der Waals surface area contributed by atoms with Gasteiger partial charge in [-0.3, -0.25) is 4.79 Å². The average Bonchev–Trinajstić information content (AvgIpc) is 3.32. The molecule has 2 aromatic rings. The summed E-state index contributed by atoms with van der Waals surface area (Å²) in [6.07, 6.45) is 2.31. The second-order valence-electron chi connectivity index (χ2n) is 5.74. The molecule has 1 N–H and O–H groups in total. The molecule has 0 aliphatic heterocycles. The number of thioether (sulfide) groups is 1. The zero-order valence-corrected chi connectivity index (χ0v) is 15.0. The number of hydrogen-bond donors (Lipinski definition) is 1. The molecular weight excluding hydrogens is 351 g/mol. The van der Waals surface area contributed by atoms with E-state index in [1.165, 1.54) is 30.0 Å². The second kappa shape index (κ2) is 7.11. The van der Waals surface area contributed by atoms with Crippen LogP contribution in [0.25, 0.3) is 0 Å². The molecule has 0 spiro atoms. The first-order valence-corrected chi connectivity index (χ1v) is 9.11. The Morgan fingerprint density at radius 1 is 1.50 bits per heavy atom. The lowest BCUT2D eigenvalue weighted by atomic mass is 10.3. The summed E-state index contributed by atoms with van der Waals surface area (Å²) in [7, 11) is 0. The Morgan fingerprint density at radius 2 is 2.25 bits per heavy atom. The third-order valence-corrected chi connectivity index (χ3v) is 5.21. The maximum Gasteiger partial charge on any atom is 0.237 e. The van der Waals surface area contributed by atoms with Gasteiger partial charge in [0, 0.05) is 18.2 Å². The molecule has 5 nitrogen and oxygen atoms in total. The Balaban J connectivity index is 1.66. The highest BCUT2D eigenvalue weighted by molar-refractivity contribution is 8.00. The van der Waals surface area contributed by atoms with E-state index in [2.05, 4.69) is 20.1 Å². The zero-order valence-electron chi connectivity index (χ0n) is 13.4. The highest BCUT2D eigenvalue weighted by atomic mass is 35.5. The molecule has 0 unspecified atom stereocenters. The number of nitrogens with one attached hydrogen (secondary N) is 1. The van der Waals surface area contributed by atoms with E-state index in [4.69, 9.17) is 11.6 Å². The molecule has 1 aliphatic carbocycles. The number of halogens is 2. The van der Waals surface area contributed by atoms with Gasteiger partial charge < -0.3 is 9.88 Å². The summed E-state index contributed by atoms with van der Waals surface area (Å²) in [6, 6.07) is 4.10. The molecule has 1 aromatic heterocycles. The molecule has 24 heavy (non-hydrogen) atoms. The van der Waals surface area contributed by atoms with Crippen LogP contribution in [0.15, 0.2) is 23.4 Å². The molecule has 0 bridgehead atoms. The highest BCUT2D eigenvalue weighted by Gasteiger charge is 2.30. The number of benzene rings is 1. The standard InChI is InChI=1S/C16H18ClFN4OS/c1-3-22-14(10-4-5-10)20-21-16(22)24-9(2)15(23)19-11-6-7-13(18)12(17)8-11/h6-10H,3-5H2,1-2H3,(H,19,23)/t9-/m1/s1. The molecule has 0 saturated heterocycles. The second-order valence-corrected chi connectivity index (χ2v) is 7.45. The summed E-state index contributed by atoms with van der Waals surface area (Å²) < 4.78 is 15.2. The number of anilines is 1. The van der Waals surface area contributed by atoms with Crippen molar-refractivity contribution < 1.29 is 9.18 Å². The van der Waals surface area contributed by atoms with Gasteiger partial charge in [-0.05, 0) is 44.9 Å². The van der Waals surface area contributed by atoms with Crippen LogP contribution in [-0.4, -0.2) is 25.9 Å². The van der Waals surface area contributed by atoms with Crippen LogP contribution in [0, 0.1) is 5.82 Å². The van der Waals surface area contributed by atoms with Gasteiger partial charge in [-0.2, -0.15) is 0 Å². The summed E-state index contributed by atoms with van der Waals surface area (Å²) >= 11 is 7.10. The molecule has 1 aromatic carbocycles. The Kier molecular flexibility index (Phi) is 5.10. The van der Waals surface area contributed by atoms with Crippen LogP contribution in [0.3, 0.4) is 0 Å². The molecule has 1 amide bonds. The van der Waals surface area contributed by atoms with Gasteiger partial charge in [0.2, 0.25) is 5.91 Å². The number of carbonyl (C=O) groups excluding carboxylic acids is 1. The van der Waals surface area contributed by atoms with Crippen LogP contribution in [-0.2, 0) is 11.3 Å². The maximum atomic E-state index is 13.2. The minimum Gasteiger partial charge on any atom is -0.325 e. The first kappa shape index (κ1) is 17.2.